The van der Waals surface area contributed by atoms with E-state index in [0.29, 0.717) is 24.5 Å². The van der Waals surface area contributed by atoms with Gasteiger partial charge in [-0.15, -0.1) is 0 Å². The Morgan fingerprint density at radius 2 is 1.65 bits per heavy atom. The zero-order valence-electron chi connectivity index (χ0n) is 27.3. The molecule has 46 heavy (non-hydrogen) atoms. The summed E-state index contributed by atoms with van der Waals surface area (Å²) in [5, 5.41) is 5.16. The molecule has 3 atom stereocenters. The first-order valence-electron chi connectivity index (χ1n) is 16.2. The van der Waals surface area contributed by atoms with Gasteiger partial charge in [-0.25, -0.2) is 0 Å². The predicted molar refractivity (Wildman–Crippen MR) is 177 cm³/mol. The quantitative estimate of drug-likeness (QED) is 0.449. The normalized spacial score (nSPS) is 21.5. The highest BCUT2D eigenvalue weighted by Gasteiger charge is 2.38. The van der Waals surface area contributed by atoms with E-state index in [1.165, 1.54) is 9.80 Å². The molecule has 244 valence electrons. The molecule has 2 bridgehead atoms. The minimum absolute atomic E-state index is 0.00299. The molecule has 0 spiro atoms. The van der Waals surface area contributed by atoms with Crippen LogP contribution in [0.3, 0.4) is 0 Å². The number of hydrogen-bond donors (Lipinski definition) is 1. The van der Waals surface area contributed by atoms with Crippen LogP contribution in [0.1, 0.15) is 49.0 Å². The average Bonchev–Trinajstić information content (AvgIpc) is 3.50. The molecule has 10 nitrogen and oxygen atoms in total. The van der Waals surface area contributed by atoms with E-state index in [1.54, 1.807) is 38.4 Å². The van der Waals surface area contributed by atoms with E-state index in [4.69, 9.17) is 4.74 Å². The number of ether oxygens (including phenoxy) is 1. The highest BCUT2D eigenvalue weighted by atomic mass is 16.5. The van der Waals surface area contributed by atoms with Crippen LogP contribution in [-0.4, -0.2) is 108 Å². The van der Waals surface area contributed by atoms with Gasteiger partial charge in [-0.1, -0.05) is 50.2 Å². The van der Waals surface area contributed by atoms with Crippen molar-refractivity contribution in [2.24, 2.45) is 0 Å². The van der Waals surface area contributed by atoms with E-state index in [9.17, 15) is 19.2 Å². The van der Waals surface area contributed by atoms with Crippen molar-refractivity contribution in [2.45, 2.75) is 57.8 Å². The molecule has 0 aromatic heterocycles. The maximum absolute atomic E-state index is 13.6. The standard InChI is InChI=1S/C36H45N5O5/c1-5-40(6-2)29-20-30-24-46-31-15-13-27(14-16-31)36(45)39(4)32(17-18-33(42)38(3)23-34(43)41(30)22-29)35(44)37-21-25-11-12-26-9-7-8-10-28(26)19-25/h7-16,19,29-30,32H,5-6,17-18,20-24H2,1-4H3,(H,37,44)/t29-,30+,32+/m1/s1. The predicted octanol–water partition coefficient (Wildman–Crippen LogP) is 3.54. The van der Waals surface area contributed by atoms with Crippen molar-refractivity contribution >= 4 is 34.4 Å². The molecular formula is C36H45N5O5. The fourth-order valence-electron chi connectivity index (χ4n) is 6.58. The van der Waals surface area contributed by atoms with Crippen LogP contribution in [0.2, 0.25) is 0 Å². The number of fused-ring (bicyclic) bond motifs is 12. The van der Waals surface area contributed by atoms with Crippen LogP contribution in [0.15, 0.2) is 66.7 Å². The zero-order chi connectivity index (χ0) is 32.8. The lowest BCUT2D eigenvalue weighted by atomic mass is 10.1. The van der Waals surface area contributed by atoms with Crippen LogP contribution < -0.4 is 10.1 Å². The van der Waals surface area contributed by atoms with Crippen LogP contribution in [0.5, 0.6) is 5.75 Å². The molecule has 3 aromatic rings. The summed E-state index contributed by atoms with van der Waals surface area (Å²) < 4.78 is 6.13. The molecule has 3 aliphatic heterocycles. The minimum Gasteiger partial charge on any atom is -0.491 e. The van der Waals surface area contributed by atoms with Gasteiger partial charge in [0, 0.05) is 45.2 Å². The average molecular weight is 628 g/mol. The van der Waals surface area contributed by atoms with Gasteiger partial charge in [-0.05, 0) is 72.6 Å². The Kier molecular flexibility index (Phi) is 10.6. The van der Waals surface area contributed by atoms with E-state index in [-0.39, 0.29) is 61.6 Å². The molecule has 3 aliphatic rings. The van der Waals surface area contributed by atoms with E-state index in [1.807, 2.05) is 47.4 Å². The Hall–Kier alpha value is -4.44. The Balaban J connectivity index is 1.35. The first kappa shape index (κ1) is 32.9. The van der Waals surface area contributed by atoms with E-state index >= 15 is 0 Å². The highest BCUT2D eigenvalue weighted by molar-refractivity contribution is 5.97. The SMILES string of the molecule is CCN(CC)[C@@H]1C[C@H]2COc3ccc(cc3)C(=O)N(C)[C@H](C(=O)NCc3ccc4ccccc4c3)CCC(=O)N(C)CC(=O)N2C1. The molecule has 3 aromatic carbocycles. The molecule has 10 heteroatoms. The number of carbonyl (C=O) groups excluding carboxylic acids is 4. The molecule has 4 amide bonds. The number of carbonyl (C=O) groups is 4. The monoisotopic (exact) mass is 627 g/mol. The summed E-state index contributed by atoms with van der Waals surface area (Å²) in [6.07, 6.45) is 0.895. The van der Waals surface area contributed by atoms with Crippen molar-refractivity contribution in [3.8, 4) is 5.75 Å². The van der Waals surface area contributed by atoms with Gasteiger partial charge < -0.3 is 24.8 Å². The van der Waals surface area contributed by atoms with Gasteiger partial charge >= 0.3 is 0 Å². The van der Waals surface area contributed by atoms with E-state index in [0.717, 1.165) is 35.8 Å². The van der Waals surface area contributed by atoms with Crippen molar-refractivity contribution in [3.63, 3.8) is 0 Å². The number of nitrogens with zero attached hydrogens (tertiary/aromatic N) is 4. The summed E-state index contributed by atoms with van der Waals surface area (Å²) in [7, 11) is 3.20. The van der Waals surface area contributed by atoms with Gasteiger partial charge in [-0.3, -0.25) is 24.1 Å². The van der Waals surface area contributed by atoms with Crippen LogP contribution in [0.25, 0.3) is 10.8 Å². The summed E-state index contributed by atoms with van der Waals surface area (Å²) in [6.45, 7) is 7.11. The lowest BCUT2D eigenvalue weighted by molar-refractivity contribution is -0.140. The largest absolute Gasteiger partial charge is 0.491 e. The molecule has 0 unspecified atom stereocenters. The van der Waals surface area contributed by atoms with Crippen LogP contribution in [0.4, 0.5) is 0 Å². The number of benzene rings is 3. The smallest absolute Gasteiger partial charge is 0.254 e. The Labute approximate surface area is 271 Å². The van der Waals surface area contributed by atoms with Gasteiger partial charge in [0.2, 0.25) is 17.7 Å². The topological polar surface area (TPSA) is 102 Å². The van der Waals surface area contributed by atoms with Gasteiger partial charge in [0.1, 0.15) is 18.4 Å². The fourth-order valence-corrected chi connectivity index (χ4v) is 6.58. The lowest BCUT2D eigenvalue weighted by Crippen LogP contribution is -2.48. The summed E-state index contributed by atoms with van der Waals surface area (Å²) in [5.74, 6) is -0.477. The molecule has 3 heterocycles. The van der Waals surface area contributed by atoms with E-state index in [2.05, 4.69) is 24.1 Å². The van der Waals surface area contributed by atoms with Crippen LogP contribution >= 0.6 is 0 Å². The molecule has 0 saturated carbocycles. The second kappa shape index (κ2) is 14.8. The summed E-state index contributed by atoms with van der Waals surface area (Å²) in [6, 6.07) is 20.0. The molecule has 1 fully saturated rings. The molecule has 0 radical (unpaired) electrons. The molecule has 1 N–H and O–H groups in total. The van der Waals surface area contributed by atoms with Crippen molar-refractivity contribution < 1.29 is 23.9 Å². The minimum atomic E-state index is -0.898. The van der Waals surface area contributed by atoms with E-state index < -0.39 is 6.04 Å². The zero-order valence-corrected chi connectivity index (χ0v) is 27.3. The van der Waals surface area contributed by atoms with Gasteiger partial charge in [-0.2, -0.15) is 0 Å². The van der Waals surface area contributed by atoms with Crippen LogP contribution in [-0.2, 0) is 20.9 Å². The number of likely N-dealkylation sites (N-methyl/N-ethyl adjacent to an activating group) is 3. The third kappa shape index (κ3) is 7.50. The first-order chi connectivity index (χ1) is 22.2. The molecule has 0 aliphatic carbocycles. The Morgan fingerprint density at radius 1 is 0.935 bits per heavy atom. The first-order valence-corrected chi connectivity index (χ1v) is 16.2. The van der Waals surface area contributed by atoms with Gasteiger partial charge in [0.25, 0.3) is 5.91 Å². The summed E-state index contributed by atoms with van der Waals surface area (Å²) in [4.78, 5) is 61.1. The number of amides is 4. The molecule has 6 rings (SSSR count). The van der Waals surface area contributed by atoms with Gasteiger partial charge in [0.05, 0.1) is 12.6 Å². The number of nitrogens with one attached hydrogen (secondary N) is 1. The Bertz CT molecular complexity index is 1560. The molecular weight excluding hydrogens is 582 g/mol. The Morgan fingerprint density at radius 3 is 2.37 bits per heavy atom. The van der Waals surface area contributed by atoms with Crippen molar-refractivity contribution in [1.29, 1.82) is 0 Å². The number of rotatable bonds is 6. The van der Waals surface area contributed by atoms with Gasteiger partial charge in [0.15, 0.2) is 0 Å². The van der Waals surface area contributed by atoms with Crippen LogP contribution in [0, 0.1) is 0 Å². The number of hydrogen-bond acceptors (Lipinski definition) is 6. The maximum atomic E-state index is 13.6. The maximum Gasteiger partial charge on any atom is 0.254 e. The summed E-state index contributed by atoms with van der Waals surface area (Å²) in [5.41, 5.74) is 1.34. The summed E-state index contributed by atoms with van der Waals surface area (Å²) >= 11 is 0. The molecule has 1 saturated heterocycles. The lowest BCUT2D eigenvalue weighted by Gasteiger charge is -2.29. The third-order valence-electron chi connectivity index (χ3n) is 9.39. The van der Waals surface area contributed by atoms with Crippen molar-refractivity contribution in [3.05, 3.63) is 77.9 Å². The van der Waals surface area contributed by atoms with Crippen molar-refractivity contribution in [1.82, 2.24) is 24.9 Å². The fraction of sp³-hybridized carbons (Fsp3) is 0.444. The van der Waals surface area contributed by atoms with Crippen molar-refractivity contribution in [2.75, 3.05) is 46.9 Å². The highest BCUT2D eigenvalue weighted by Crippen LogP contribution is 2.25. The second-order valence-electron chi connectivity index (χ2n) is 12.3. The second-order valence-corrected chi connectivity index (χ2v) is 12.3. The third-order valence-corrected chi connectivity index (χ3v) is 9.39.